The number of aliphatic hydroxyl groups excluding tert-OH is 1. The Morgan fingerprint density at radius 3 is 2.61 bits per heavy atom. The molecule has 0 aliphatic heterocycles. The van der Waals surface area contributed by atoms with E-state index in [1.54, 1.807) is 0 Å². The Morgan fingerprint density at radius 1 is 1.22 bits per heavy atom. The molecule has 1 atom stereocenters. The van der Waals surface area contributed by atoms with Crippen molar-refractivity contribution in [2.24, 2.45) is 0 Å². The van der Waals surface area contributed by atoms with E-state index in [0.29, 0.717) is 5.02 Å². The number of carboxylic acids is 1. The summed E-state index contributed by atoms with van der Waals surface area (Å²) in [7, 11) is 0. The lowest BCUT2D eigenvalue weighted by Crippen LogP contribution is -2.21. The molecule has 0 saturated heterocycles. The first-order valence-electron chi connectivity index (χ1n) is 5.29. The summed E-state index contributed by atoms with van der Waals surface area (Å²) in [6.45, 7) is 0. The highest BCUT2D eigenvalue weighted by molar-refractivity contribution is 7.99. The van der Waals surface area contributed by atoms with Gasteiger partial charge in [-0.15, -0.1) is 11.8 Å². The normalized spacial score (nSPS) is 12.6. The van der Waals surface area contributed by atoms with Crippen LogP contribution in [0.3, 0.4) is 0 Å². The zero-order valence-corrected chi connectivity index (χ0v) is 10.9. The molecule has 2 N–H and O–H groups in total. The number of halogens is 1. The first-order valence-corrected chi connectivity index (χ1v) is 6.65. The molecule has 0 aliphatic carbocycles. The molecule has 3 nitrogen and oxygen atoms in total. The van der Waals surface area contributed by atoms with Crippen molar-refractivity contribution in [3.63, 3.8) is 0 Å². The maximum absolute atomic E-state index is 10.5. The van der Waals surface area contributed by atoms with Crippen molar-refractivity contribution in [2.45, 2.75) is 11.0 Å². The number of carbonyl (C=O) groups is 1. The number of fused-ring (bicyclic) bond motifs is 1. The van der Waals surface area contributed by atoms with Crippen LogP contribution in [0, 0.1) is 0 Å². The van der Waals surface area contributed by atoms with E-state index < -0.39 is 12.1 Å². The number of aliphatic carboxylic acids is 1. The first-order chi connectivity index (χ1) is 8.56. The zero-order valence-electron chi connectivity index (χ0n) is 9.34. The molecule has 0 amide bonds. The van der Waals surface area contributed by atoms with Gasteiger partial charge in [-0.05, 0) is 35.0 Å². The standard InChI is InChI=1S/C13H11ClO3S/c14-10-3-1-9-6-11(4-2-8(9)5-10)18-7-12(15)13(16)17/h1-6,12,15H,7H2,(H,16,17). The predicted octanol–water partition coefficient (Wildman–Crippen LogP) is 3.03. The van der Waals surface area contributed by atoms with Crippen LogP contribution >= 0.6 is 23.4 Å². The summed E-state index contributed by atoms with van der Waals surface area (Å²) in [5.41, 5.74) is 0. The van der Waals surface area contributed by atoms with E-state index in [1.807, 2.05) is 36.4 Å². The Bertz CT molecular complexity index is 585. The Kier molecular flexibility index (Phi) is 4.11. The summed E-state index contributed by atoms with van der Waals surface area (Å²) >= 11 is 7.20. The fourth-order valence-corrected chi connectivity index (χ4v) is 2.58. The Hall–Kier alpha value is -1.23. The second-order valence-corrected chi connectivity index (χ2v) is 5.35. The topological polar surface area (TPSA) is 57.5 Å². The number of hydrogen-bond donors (Lipinski definition) is 2. The summed E-state index contributed by atoms with van der Waals surface area (Å²) in [4.78, 5) is 11.4. The molecule has 2 rings (SSSR count). The second kappa shape index (κ2) is 5.61. The molecule has 0 heterocycles. The van der Waals surface area contributed by atoms with Gasteiger partial charge >= 0.3 is 5.97 Å². The smallest absolute Gasteiger partial charge is 0.333 e. The fraction of sp³-hybridized carbons (Fsp3) is 0.154. The Labute approximate surface area is 113 Å². The SMILES string of the molecule is O=C(O)C(O)CSc1ccc2cc(Cl)ccc2c1. The van der Waals surface area contributed by atoms with Crippen molar-refractivity contribution in [1.82, 2.24) is 0 Å². The van der Waals surface area contributed by atoms with Crippen molar-refractivity contribution in [1.29, 1.82) is 0 Å². The summed E-state index contributed by atoms with van der Waals surface area (Å²) in [6.07, 6.45) is -1.34. The number of thioether (sulfide) groups is 1. The van der Waals surface area contributed by atoms with Crippen molar-refractivity contribution in [3.8, 4) is 0 Å². The fourth-order valence-electron chi connectivity index (χ4n) is 1.53. The third-order valence-corrected chi connectivity index (χ3v) is 3.77. The van der Waals surface area contributed by atoms with E-state index in [9.17, 15) is 9.90 Å². The van der Waals surface area contributed by atoms with E-state index in [1.165, 1.54) is 11.8 Å². The number of hydrogen-bond acceptors (Lipinski definition) is 3. The summed E-state index contributed by atoms with van der Waals surface area (Å²) in [5, 5.41) is 20.5. The minimum absolute atomic E-state index is 0.133. The molecular weight excluding hydrogens is 272 g/mol. The molecule has 5 heteroatoms. The van der Waals surface area contributed by atoms with E-state index in [0.717, 1.165) is 15.7 Å². The number of rotatable bonds is 4. The van der Waals surface area contributed by atoms with Gasteiger partial charge in [0.25, 0.3) is 0 Å². The minimum Gasteiger partial charge on any atom is -0.479 e. The van der Waals surface area contributed by atoms with Gasteiger partial charge in [0.2, 0.25) is 0 Å². The average Bonchev–Trinajstić information content (AvgIpc) is 2.35. The van der Waals surface area contributed by atoms with Gasteiger partial charge < -0.3 is 10.2 Å². The minimum atomic E-state index is -1.34. The van der Waals surface area contributed by atoms with Gasteiger partial charge in [-0.25, -0.2) is 4.79 Å². The van der Waals surface area contributed by atoms with E-state index >= 15 is 0 Å². The lowest BCUT2D eigenvalue weighted by atomic mass is 10.1. The van der Waals surface area contributed by atoms with Crippen molar-refractivity contribution >= 4 is 40.1 Å². The van der Waals surface area contributed by atoms with Crippen LogP contribution in [0.2, 0.25) is 5.02 Å². The van der Waals surface area contributed by atoms with E-state index in [2.05, 4.69) is 0 Å². The summed E-state index contributed by atoms with van der Waals surface area (Å²) < 4.78 is 0. The van der Waals surface area contributed by atoms with Gasteiger partial charge in [-0.1, -0.05) is 23.7 Å². The van der Waals surface area contributed by atoms with Crippen molar-refractivity contribution in [2.75, 3.05) is 5.75 Å². The lowest BCUT2D eigenvalue weighted by molar-refractivity contribution is -0.145. The van der Waals surface area contributed by atoms with Crippen LogP contribution in [-0.4, -0.2) is 28.0 Å². The third-order valence-electron chi connectivity index (χ3n) is 2.47. The molecule has 18 heavy (non-hydrogen) atoms. The first kappa shape index (κ1) is 13.2. The lowest BCUT2D eigenvalue weighted by Gasteiger charge is -2.06. The van der Waals surface area contributed by atoms with Crippen LogP contribution in [0.1, 0.15) is 0 Å². The number of benzene rings is 2. The molecule has 0 fully saturated rings. The largest absolute Gasteiger partial charge is 0.479 e. The highest BCUT2D eigenvalue weighted by Gasteiger charge is 2.13. The monoisotopic (exact) mass is 282 g/mol. The van der Waals surface area contributed by atoms with Gasteiger partial charge in [-0.3, -0.25) is 0 Å². The van der Waals surface area contributed by atoms with Crippen LogP contribution in [-0.2, 0) is 4.79 Å². The van der Waals surface area contributed by atoms with Crippen LogP contribution in [0.4, 0.5) is 0 Å². The molecule has 0 bridgehead atoms. The Balaban J connectivity index is 2.15. The maximum Gasteiger partial charge on any atom is 0.333 e. The molecule has 2 aromatic rings. The van der Waals surface area contributed by atoms with Gasteiger partial charge in [0.15, 0.2) is 6.10 Å². The summed E-state index contributed by atoms with van der Waals surface area (Å²) in [6, 6.07) is 11.4. The molecule has 1 unspecified atom stereocenters. The molecule has 0 spiro atoms. The van der Waals surface area contributed by atoms with Crippen LogP contribution < -0.4 is 0 Å². The number of carboxylic acid groups (broad SMARTS) is 1. The molecule has 0 aromatic heterocycles. The predicted molar refractivity (Wildman–Crippen MR) is 73.3 cm³/mol. The quantitative estimate of drug-likeness (QED) is 0.847. The van der Waals surface area contributed by atoms with Crippen molar-refractivity contribution in [3.05, 3.63) is 41.4 Å². The van der Waals surface area contributed by atoms with Crippen LogP contribution in [0.25, 0.3) is 10.8 Å². The third kappa shape index (κ3) is 3.16. The number of aliphatic hydroxyl groups is 1. The zero-order chi connectivity index (χ0) is 13.1. The highest BCUT2D eigenvalue weighted by Crippen LogP contribution is 2.26. The molecule has 94 valence electrons. The maximum atomic E-state index is 10.5. The molecule has 0 aliphatic rings. The molecule has 0 saturated carbocycles. The summed E-state index contributed by atoms with van der Waals surface area (Å²) in [5.74, 6) is -1.07. The highest BCUT2D eigenvalue weighted by atomic mass is 35.5. The average molecular weight is 283 g/mol. The van der Waals surface area contributed by atoms with Crippen molar-refractivity contribution < 1.29 is 15.0 Å². The van der Waals surface area contributed by atoms with Gasteiger partial charge in [0, 0.05) is 15.7 Å². The van der Waals surface area contributed by atoms with Gasteiger partial charge in [0.05, 0.1) is 0 Å². The van der Waals surface area contributed by atoms with Crippen LogP contribution in [0.5, 0.6) is 0 Å². The van der Waals surface area contributed by atoms with Gasteiger partial charge in [0.1, 0.15) is 0 Å². The molecule has 2 aromatic carbocycles. The molecular formula is C13H11ClO3S. The van der Waals surface area contributed by atoms with E-state index in [-0.39, 0.29) is 5.75 Å². The second-order valence-electron chi connectivity index (χ2n) is 3.82. The van der Waals surface area contributed by atoms with Crippen LogP contribution in [0.15, 0.2) is 41.3 Å². The van der Waals surface area contributed by atoms with Gasteiger partial charge in [-0.2, -0.15) is 0 Å². The van der Waals surface area contributed by atoms with E-state index in [4.69, 9.17) is 16.7 Å². The Morgan fingerprint density at radius 2 is 1.89 bits per heavy atom. The molecule has 0 radical (unpaired) electrons.